The third-order valence-electron chi connectivity index (χ3n) is 3.60. The van der Waals surface area contributed by atoms with Gasteiger partial charge in [-0.25, -0.2) is 4.39 Å². The number of aliphatic hydroxyl groups is 1. The number of aliphatic hydroxyl groups excluding tert-OH is 1. The number of amides is 1. The first-order chi connectivity index (χ1) is 9.65. The van der Waals surface area contributed by atoms with E-state index in [2.05, 4.69) is 5.32 Å². The summed E-state index contributed by atoms with van der Waals surface area (Å²) < 4.78 is 12.8. The van der Waals surface area contributed by atoms with Crippen molar-refractivity contribution in [2.24, 2.45) is 0 Å². The zero-order chi connectivity index (χ0) is 14.1. The number of carbonyl (C=O) groups excluding carboxylic acids is 1. The molecule has 1 aliphatic rings. The van der Waals surface area contributed by atoms with E-state index in [0.29, 0.717) is 12.0 Å². The maximum absolute atomic E-state index is 12.8. The van der Waals surface area contributed by atoms with Crippen LogP contribution in [0.1, 0.15) is 27.5 Å². The number of fused-ring (bicyclic) bond motifs is 1. The van der Waals surface area contributed by atoms with Crippen LogP contribution in [-0.4, -0.2) is 17.1 Å². The maximum Gasteiger partial charge on any atom is 0.251 e. The van der Waals surface area contributed by atoms with Crippen molar-refractivity contribution >= 4 is 5.91 Å². The van der Waals surface area contributed by atoms with E-state index in [1.165, 1.54) is 24.3 Å². The lowest BCUT2D eigenvalue weighted by atomic mass is 10.1. The van der Waals surface area contributed by atoms with Crippen molar-refractivity contribution in [2.45, 2.75) is 18.6 Å². The lowest BCUT2D eigenvalue weighted by Crippen LogP contribution is -2.33. The Kier molecular flexibility index (Phi) is 3.24. The van der Waals surface area contributed by atoms with Gasteiger partial charge in [0.25, 0.3) is 5.91 Å². The minimum absolute atomic E-state index is 0.314. The number of benzene rings is 2. The minimum atomic E-state index is -0.628. The van der Waals surface area contributed by atoms with E-state index in [4.69, 9.17) is 0 Å². The number of carbonyl (C=O) groups is 1. The first-order valence-corrected chi connectivity index (χ1v) is 6.47. The molecule has 102 valence electrons. The number of hydrogen-bond acceptors (Lipinski definition) is 2. The Morgan fingerprint density at radius 2 is 1.85 bits per heavy atom. The van der Waals surface area contributed by atoms with E-state index >= 15 is 0 Å². The van der Waals surface area contributed by atoms with E-state index in [9.17, 15) is 14.3 Å². The van der Waals surface area contributed by atoms with E-state index < -0.39 is 12.1 Å². The van der Waals surface area contributed by atoms with Crippen LogP contribution in [0.3, 0.4) is 0 Å². The van der Waals surface area contributed by atoms with Crippen LogP contribution in [0.5, 0.6) is 0 Å². The second-order valence-corrected chi connectivity index (χ2v) is 4.93. The van der Waals surface area contributed by atoms with Gasteiger partial charge in [-0.1, -0.05) is 24.3 Å². The van der Waals surface area contributed by atoms with Crippen molar-refractivity contribution in [1.29, 1.82) is 0 Å². The molecule has 1 aliphatic carbocycles. The molecule has 4 heteroatoms. The first kappa shape index (κ1) is 12.8. The monoisotopic (exact) mass is 271 g/mol. The van der Waals surface area contributed by atoms with Gasteiger partial charge in [-0.15, -0.1) is 0 Å². The zero-order valence-electron chi connectivity index (χ0n) is 10.7. The third kappa shape index (κ3) is 2.30. The molecular formula is C16H14FNO2. The highest BCUT2D eigenvalue weighted by Gasteiger charge is 2.31. The van der Waals surface area contributed by atoms with Crippen LogP contribution >= 0.6 is 0 Å². The Balaban J connectivity index is 1.81. The summed E-state index contributed by atoms with van der Waals surface area (Å²) in [4.78, 5) is 12.1. The molecule has 0 fully saturated rings. The molecule has 2 aromatic carbocycles. The standard InChI is InChI=1S/C16H14FNO2/c17-12-7-5-10(6-8-12)16(20)18-15-13-4-2-1-3-11(13)9-14(15)19/h1-8,14-15,19H,9H2,(H,18,20)/t14-,15+/m0/s1. The molecule has 2 N–H and O–H groups in total. The van der Waals surface area contributed by atoms with Crippen molar-refractivity contribution in [1.82, 2.24) is 5.32 Å². The molecule has 1 amide bonds. The van der Waals surface area contributed by atoms with Crippen molar-refractivity contribution in [3.63, 3.8) is 0 Å². The highest BCUT2D eigenvalue weighted by molar-refractivity contribution is 5.94. The lowest BCUT2D eigenvalue weighted by Gasteiger charge is -2.18. The zero-order valence-corrected chi connectivity index (χ0v) is 10.7. The van der Waals surface area contributed by atoms with Crippen LogP contribution in [-0.2, 0) is 6.42 Å². The van der Waals surface area contributed by atoms with Gasteiger partial charge >= 0.3 is 0 Å². The van der Waals surface area contributed by atoms with Gasteiger partial charge in [0.1, 0.15) is 5.82 Å². The normalized spacial score (nSPS) is 20.5. The SMILES string of the molecule is O=C(N[C@@H]1c2ccccc2C[C@@H]1O)c1ccc(F)cc1. The molecule has 0 saturated carbocycles. The third-order valence-corrected chi connectivity index (χ3v) is 3.60. The largest absolute Gasteiger partial charge is 0.390 e. The van der Waals surface area contributed by atoms with Crippen molar-refractivity contribution in [3.8, 4) is 0 Å². The quantitative estimate of drug-likeness (QED) is 0.880. The minimum Gasteiger partial charge on any atom is -0.390 e. The molecule has 3 nitrogen and oxygen atoms in total. The summed E-state index contributed by atoms with van der Waals surface area (Å²) in [6, 6.07) is 12.6. The van der Waals surface area contributed by atoms with Gasteiger partial charge in [0.05, 0.1) is 12.1 Å². The molecule has 0 saturated heterocycles. The van der Waals surface area contributed by atoms with Crippen LogP contribution in [0.2, 0.25) is 0 Å². The highest BCUT2D eigenvalue weighted by atomic mass is 19.1. The molecule has 0 unspecified atom stereocenters. The Bertz CT molecular complexity index is 639. The van der Waals surface area contributed by atoms with Crippen molar-refractivity contribution in [3.05, 3.63) is 71.0 Å². The van der Waals surface area contributed by atoms with Crippen molar-refractivity contribution in [2.75, 3.05) is 0 Å². The van der Waals surface area contributed by atoms with Gasteiger partial charge in [0.15, 0.2) is 0 Å². The predicted molar refractivity (Wildman–Crippen MR) is 72.8 cm³/mol. The molecular weight excluding hydrogens is 257 g/mol. The van der Waals surface area contributed by atoms with Crippen LogP contribution in [0.4, 0.5) is 4.39 Å². The fourth-order valence-corrected chi connectivity index (χ4v) is 2.57. The topological polar surface area (TPSA) is 49.3 Å². The fraction of sp³-hybridized carbons (Fsp3) is 0.188. The Labute approximate surface area is 116 Å². The average molecular weight is 271 g/mol. The van der Waals surface area contributed by atoms with Gasteiger partial charge < -0.3 is 10.4 Å². The van der Waals surface area contributed by atoms with Gasteiger partial charge in [0, 0.05) is 12.0 Å². The molecule has 2 atom stereocenters. The summed E-state index contributed by atoms with van der Waals surface area (Å²) in [5.41, 5.74) is 2.36. The van der Waals surface area contributed by atoms with Crippen LogP contribution in [0, 0.1) is 5.82 Å². The fourth-order valence-electron chi connectivity index (χ4n) is 2.57. The summed E-state index contributed by atoms with van der Waals surface area (Å²) in [7, 11) is 0. The molecule has 3 rings (SSSR count). The molecule has 0 radical (unpaired) electrons. The van der Waals surface area contributed by atoms with Crippen LogP contribution in [0.15, 0.2) is 48.5 Å². The van der Waals surface area contributed by atoms with Gasteiger partial charge in [-0.05, 0) is 35.4 Å². The van der Waals surface area contributed by atoms with E-state index in [0.717, 1.165) is 11.1 Å². The van der Waals surface area contributed by atoms with Gasteiger partial charge in [0.2, 0.25) is 0 Å². The number of rotatable bonds is 2. The average Bonchev–Trinajstić information content (AvgIpc) is 2.76. The Hall–Kier alpha value is -2.20. The highest BCUT2D eigenvalue weighted by Crippen LogP contribution is 2.31. The predicted octanol–water partition coefficient (Wildman–Crippen LogP) is 2.21. The number of nitrogens with one attached hydrogen (secondary N) is 1. The molecule has 2 aromatic rings. The summed E-state index contributed by atoms with van der Waals surface area (Å²) in [5.74, 6) is -0.696. The summed E-state index contributed by atoms with van der Waals surface area (Å²) in [6.07, 6.45) is -0.0957. The maximum atomic E-state index is 12.8. The lowest BCUT2D eigenvalue weighted by molar-refractivity contribution is 0.0858. The second kappa shape index (κ2) is 5.06. The summed E-state index contributed by atoms with van der Waals surface area (Å²) in [6.45, 7) is 0. The second-order valence-electron chi connectivity index (χ2n) is 4.93. The van der Waals surface area contributed by atoms with Crippen molar-refractivity contribution < 1.29 is 14.3 Å². The Morgan fingerprint density at radius 1 is 1.15 bits per heavy atom. The summed E-state index contributed by atoms with van der Waals surface area (Å²) in [5, 5.41) is 12.9. The Morgan fingerprint density at radius 3 is 2.60 bits per heavy atom. The van der Waals surface area contributed by atoms with Crippen LogP contribution in [0.25, 0.3) is 0 Å². The molecule has 0 heterocycles. The smallest absolute Gasteiger partial charge is 0.251 e. The van der Waals surface area contributed by atoms with E-state index in [-0.39, 0.29) is 11.7 Å². The van der Waals surface area contributed by atoms with E-state index in [1.54, 1.807) is 0 Å². The number of halogens is 1. The molecule has 0 aliphatic heterocycles. The van der Waals surface area contributed by atoms with Crippen LogP contribution < -0.4 is 5.32 Å². The molecule has 0 spiro atoms. The van der Waals surface area contributed by atoms with Gasteiger partial charge in [-0.2, -0.15) is 0 Å². The van der Waals surface area contributed by atoms with Gasteiger partial charge in [-0.3, -0.25) is 4.79 Å². The molecule has 20 heavy (non-hydrogen) atoms. The first-order valence-electron chi connectivity index (χ1n) is 6.47. The molecule has 0 bridgehead atoms. The molecule has 0 aromatic heterocycles. The summed E-state index contributed by atoms with van der Waals surface area (Å²) >= 11 is 0. The van der Waals surface area contributed by atoms with E-state index in [1.807, 2.05) is 24.3 Å². The number of hydrogen-bond donors (Lipinski definition) is 2.